The highest BCUT2D eigenvalue weighted by atomic mass is 127. The minimum Gasteiger partial charge on any atom is -0.400 e. The Balaban J connectivity index is 0. The lowest BCUT2D eigenvalue weighted by Crippen LogP contribution is -1.93. The van der Waals surface area contributed by atoms with Crippen LogP contribution in [0.25, 0.3) is 0 Å². The molecule has 0 aliphatic heterocycles. The van der Waals surface area contributed by atoms with E-state index in [1.807, 2.05) is 6.08 Å². The molecule has 0 heterocycles. The zero-order chi connectivity index (χ0) is 20.4. The predicted octanol–water partition coefficient (Wildman–Crippen LogP) is 6.97. The summed E-state index contributed by atoms with van der Waals surface area (Å²) in [7, 11) is 1.00. The van der Waals surface area contributed by atoms with Crippen LogP contribution in [-0.4, -0.2) is 18.2 Å². The molecule has 0 aromatic carbocycles. The molecule has 152 valence electrons. The Labute approximate surface area is 180 Å². The van der Waals surface area contributed by atoms with Gasteiger partial charge in [-0.2, -0.15) is 0 Å². The predicted molar refractivity (Wildman–Crippen MR) is 126 cm³/mol. The largest absolute Gasteiger partial charge is 0.400 e. The van der Waals surface area contributed by atoms with Crippen LogP contribution in [-0.2, 0) is 7.86 Å². The van der Waals surface area contributed by atoms with Crippen molar-refractivity contribution < 1.29 is 13.0 Å². The molecule has 0 saturated carbocycles. The molecular weight excluding hydrogens is 451 g/mol. The summed E-state index contributed by atoms with van der Waals surface area (Å²) in [6, 6.07) is 0. The lowest BCUT2D eigenvalue weighted by molar-refractivity contribution is -0.131. The van der Waals surface area contributed by atoms with Gasteiger partial charge in [0, 0.05) is 13.5 Å². The maximum absolute atomic E-state index is 10.9. The van der Waals surface area contributed by atoms with Crippen LogP contribution in [0.3, 0.4) is 0 Å². The van der Waals surface area contributed by atoms with Crippen LogP contribution in [0.2, 0.25) is 0 Å². The quantitative estimate of drug-likeness (QED) is 0.213. The lowest BCUT2D eigenvalue weighted by Gasteiger charge is -1.91. The number of hydrogen-bond acceptors (Lipinski definition) is 3. The normalized spacial score (nSPS) is 12.1. The van der Waals surface area contributed by atoms with Crippen molar-refractivity contribution in [3.05, 3.63) is 72.9 Å². The van der Waals surface area contributed by atoms with Crippen LogP contribution in [0.5, 0.6) is 0 Å². The van der Waals surface area contributed by atoms with E-state index in [0.29, 0.717) is 6.42 Å². The number of carbonyl (C=O) groups is 1. The first-order chi connectivity index (χ1) is 13.3. The molecule has 4 heteroatoms. The third-order valence-corrected chi connectivity index (χ3v) is 3.69. The van der Waals surface area contributed by atoms with Crippen LogP contribution in [0.1, 0.15) is 58.3 Å². The minimum absolute atomic E-state index is 0.167. The van der Waals surface area contributed by atoms with Gasteiger partial charge >= 0.3 is 5.97 Å². The molecule has 0 aliphatic rings. The number of halogens is 1. The van der Waals surface area contributed by atoms with E-state index in [9.17, 15) is 4.79 Å². The smallest absolute Gasteiger partial charge is 0.315 e. The molecule has 0 aliphatic carbocycles. The Morgan fingerprint density at radius 2 is 1.04 bits per heavy atom. The van der Waals surface area contributed by atoms with E-state index >= 15 is 0 Å². The Kier molecular flexibility index (Phi) is 27.6. The first-order valence-corrected chi connectivity index (χ1v) is 10.4. The summed E-state index contributed by atoms with van der Waals surface area (Å²) in [5.74, 6) is -0.167. The number of carbonyl (C=O) groups excluding carboxylic acids is 1. The lowest BCUT2D eigenvalue weighted by atomic mass is 10.2. The fourth-order valence-electron chi connectivity index (χ4n) is 1.88. The highest BCUT2D eigenvalue weighted by Crippen LogP contribution is 2.00. The van der Waals surface area contributed by atoms with Gasteiger partial charge in [-0.05, 0) is 44.9 Å². The Morgan fingerprint density at radius 1 is 0.704 bits per heavy atom. The van der Waals surface area contributed by atoms with Crippen molar-refractivity contribution in [3.63, 3.8) is 0 Å². The summed E-state index contributed by atoms with van der Waals surface area (Å²) in [4.78, 5) is 10.9. The maximum atomic E-state index is 10.9. The van der Waals surface area contributed by atoms with E-state index in [1.54, 1.807) is 23.0 Å². The first-order valence-electron chi connectivity index (χ1n) is 9.47. The van der Waals surface area contributed by atoms with Crippen molar-refractivity contribution in [3.8, 4) is 0 Å². The van der Waals surface area contributed by atoms with Gasteiger partial charge in [0.2, 0.25) is 0 Å². The average molecular weight is 486 g/mol. The average Bonchev–Trinajstić information content (AvgIpc) is 2.71. The van der Waals surface area contributed by atoms with Gasteiger partial charge in [-0.1, -0.05) is 79.8 Å². The summed E-state index contributed by atoms with van der Waals surface area (Å²) in [6.07, 6.45) is 33.2. The molecule has 0 bridgehead atoms. The van der Waals surface area contributed by atoms with E-state index < -0.39 is 0 Å². The molecular formula is C23H35IO3. The molecule has 1 N–H and O–H groups in total. The topological polar surface area (TPSA) is 46.5 Å². The summed E-state index contributed by atoms with van der Waals surface area (Å²) in [5.41, 5.74) is 0. The summed E-state index contributed by atoms with van der Waals surface area (Å²) in [5, 5.41) is 7.00. The van der Waals surface area contributed by atoms with E-state index in [4.69, 9.17) is 5.11 Å². The van der Waals surface area contributed by atoms with Crippen molar-refractivity contribution >= 4 is 29.0 Å². The third-order valence-electron chi connectivity index (χ3n) is 3.20. The van der Waals surface area contributed by atoms with Crippen molar-refractivity contribution in [2.24, 2.45) is 0 Å². The zero-order valence-electron chi connectivity index (χ0n) is 16.7. The second-order valence-electron chi connectivity index (χ2n) is 5.40. The summed E-state index contributed by atoms with van der Waals surface area (Å²) in [6.45, 7) is 2.15. The second kappa shape index (κ2) is 26.8. The molecule has 0 spiro atoms. The van der Waals surface area contributed by atoms with Gasteiger partial charge in [-0.3, -0.25) is 4.79 Å². The highest BCUT2D eigenvalue weighted by molar-refractivity contribution is 14.1. The number of aliphatic hydroxyl groups excluding tert-OH is 1. The number of aliphatic hydroxyl groups is 1. The number of allylic oxidation sites excluding steroid dienone is 12. The van der Waals surface area contributed by atoms with Crippen LogP contribution in [0, 0.1) is 0 Å². The van der Waals surface area contributed by atoms with E-state index in [1.165, 1.54) is 0 Å². The molecule has 0 atom stereocenters. The Hall–Kier alpha value is -1.40. The van der Waals surface area contributed by atoms with Gasteiger partial charge in [-0.15, -0.1) is 0 Å². The zero-order valence-corrected chi connectivity index (χ0v) is 18.9. The van der Waals surface area contributed by atoms with Crippen molar-refractivity contribution in [1.29, 1.82) is 0 Å². The van der Waals surface area contributed by atoms with Crippen molar-refractivity contribution in [2.75, 3.05) is 7.11 Å². The third kappa shape index (κ3) is 26.9. The highest BCUT2D eigenvalue weighted by Gasteiger charge is 1.96. The van der Waals surface area contributed by atoms with Crippen LogP contribution in [0.15, 0.2) is 72.9 Å². The molecule has 0 unspecified atom stereocenters. The molecule has 0 fully saturated rings. The van der Waals surface area contributed by atoms with Gasteiger partial charge < -0.3 is 8.17 Å². The number of rotatable bonds is 14. The maximum Gasteiger partial charge on any atom is 0.315 e. The molecule has 3 nitrogen and oxygen atoms in total. The molecule has 0 amide bonds. The molecule has 0 rings (SSSR count). The molecule has 0 aromatic rings. The molecule has 0 aromatic heterocycles. The fourth-order valence-corrected chi connectivity index (χ4v) is 2.10. The van der Waals surface area contributed by atoms with E-state index in [2.05, 4.69) is 76.8 Å². The van der Waals surface area contributed by atoms with Gasteiger partial charge in [0.15, 0.2) is 23.0 Å². The van der Waals surface area contributed by atoms with Crippen LogP contribution < -0.4 is 0 Å². The van der Waals surface area contributed by atoms with E-state index in [-0.39, 0.29) is 5.97 Å². The van der Waals surface area contributed by atoms with Crippen molar-refractivity contribution in [1.82, 2.24) is 0 Å². The molecule has 0 saturated heterocycles. The van der Waals surface area contributed by atoms with E-state index in [0.717, 1.165) is 52.1 Å². The molecule has 0 radical (unpaired) electrons. The standard InChI is InChI=1S/C22H31IO2.CH4O/c1-2-3-4-5-6-7-8-9-10-11-12-13-14-15-16-17-18-19-20-21-22(24)25-23;1-2/h3-4,6-7,9-10,12-13,15-16,18-19H,2,5,8,11,14,17,20-21H2,1H3;2H,1H3/b4-3-,7-6-,10-9-,13-12-,16-15-,19-18-;. The minimum atomic E-state index is -0.167. The number of hydrogen-bond donors (Lipinski definition) is 1. The van der Waals surface area contributed by atoms with Crippen LogP contribution in [0.4, 0.5) is 0 Å². The summed E-state index contributed by atoms with van der Waals surface area (Å²) >= 11 is 1.62. The van der Waals surface area contributed by atoms with Gasteiger partial charge in [0.1, 0.15) is 0 Å². The first kappa shape index (κ1) is 27.8. The van der Waals surface area contributed by atoms with Crippen molar-refractivity contribution in [2.45, 2.75) is 58.3 Å². The van der Waals surface area contributed by atoms with Gasteiger partial charge in [0.05, 0.1) is 0 Å². The van der Waals surface area contributed by atoms with Crippen LogP contribution >= 0.6 is 23.0 Å². The van der Waals surface area contributed by atoms with Gasteiger partial charge in [0.25, 0.3) is 0 Å². The monoisotopic (exact) mass is 486 g/mol. The Morgan fingerprint density at radius 3 is 1.37 bits per heavy atom. The van der Waals surface area contributed by atoms with Gasteiger partial charge in [-0.25, -0.2) is 0 Å². The fraction of sp³-hybridized carbons (Fsp3) is 0.435. The second-order valence-corrected chi connectivity index (χ2v) is 5.84. The molecule has 27 heavy (non-hydrogen) atoms. The SMILES string of the molecule is CC/C=C\C/C=C\C/C=C\C/C=C\C/C=C\C/C=C\CCC(=O)OI.CO. The summed E-state index contributed by atoms with van der Waals surface area (Å²) < 4.78 is 4.55. The Bertz CT molecular complexity index is 486.